The van der Waals surface area contributed by atoms with Crippen LogP contribution in [-0.4, -0.2) is 86.1 Å². The first-order chi connectivity index (χ1) is 26.4. The van der Waals surface area contributed by atoms with E-state index >= 15 is 0 Å². The second-order valence-electron chi connectivity index (χ2n) is 15.2. The van der Waals surface area contributed by atoms with Gasteiger partial charge in [0, 0.05) is 12.8 Å². The molecule has 318 valence electrons. The Kier molecular flexibility index (Phi) is 34.5. The summed E-state index contributed by atoms with van der Waals surface area (Å²) < 4.78 is 34.1. The highest BCUT2D eigenvalue weighted by Crippen LogP contribution is 2.43. The van der Waals surface area contributed by atoms with E-state index in [1.165, 1.54) is 25.7 Å². The number of carbonyl (C=O) groups is 2. The molecule has 0 radical (unpaired) electrons. The van der Waals surface area contributed by atoms with Crippen molar-refractivity contribution in [3.05, 3.63) is 60.8 Å². The topological polar surface area (TPSA) is 129 Å². The molecule has 0 aliphatic rings. The molecule has 0 saturated heterocycles. The van der Waals surface area contributed by atoms with Gasteiger partial charge < -0.3 is 24.0 Å². The highest BCUT2D eigenvalue weighted by Gasteiger charge is 2.27. The lowest BCUT2D eigenvalue weighted by molar-refractivity contribution is -0.870. The molecule has 1 unspecified atom stereocenters. The van der Waals surface area contributed by atoms with Gasteiger partial charge in [-0.15, -0.1) is 0 Å². The fourth-order valence-electron chi connectivity index (χ4n) is 5.16. The number of quaternary nitrogens is 1. The summed E-state index contributed by atoms with van der Waals surface area (Å²) in [5.41, 5.74) is 0. The van der Waals surface area contributed by atoms with Gasteiger partial charge in [0.1, 0.15) is 19.8 Å². The van der Waals surface area contributed by atoms with Crippen molar-refractivity contribution >= 4 is 19.8 Å². The summed E-state index contributed by atoms with van der Waals surface area (Å²) in [4.78, 5) is 35.3. The largest absolute Gasteiger partial charge is 0.472 e. The number of phosphoric ester groups is 1. The summed E-state index contributed by atoms with van der Waals surface area (Å²) in [6.45, 7) is 4.02. The molecule has 0 saturated carbocycles. The average Bonchev–Trinajstić information content (AvgIpc) is 3.13. The van der Waals surface area contributed by atoms with Crippen LogP contribution in [0.1, 0.15) is 149 Å². The number of rotatable bonds is 37. The molecule has 0 rings (SSSR count). The van der Waals surface area contributed by atoms with Gasteiger partial charge in [-0.25, -0.2) is 4.57 Å². The SMILES string of the molecule is CCCCCC/C=C\CCCCCCCC(=O)O[C@H](COC(=O)CCC/C=C\C/C=C\C/C=C\C/C=C\CC[C@@H](O)CC)COP(=O)(O)OCC[N+](C)(C)C. The van der Waals surface area contributed by atoms with Crippen LogP contribution in [0.4, 0.5) is 0 Å². The van der Waals surface area contributed by atoms with Gasteiger partial charge in [-0.2, -0.15) is 0 Å². The number of phosphoric acid groups is 1. The average molecular weight is 797 g/mol. The number of unbranched alkanes of at least 4 members (excludes halogenated alkanes) is 10. The maximum atomic E-state index is 12.6. The number of carbonyl (C=O) groups excluding carboxylic acids is 2. The van der Waals surface area contributed by atoms with E-state index in [9.17, 15) is 24.2 Å². The molecular weight excluding hydrogens is 717 g/mol. The van der Waals surface area contributed by atoms with E-state index in [0.29, 0.717) is 23.9 Å². The normalized spacial score (nSPS) is 14.8. The molecule has 2 N–H and O–H groups in total. The quantitative estimate of drug-likeness (QED) is 0.0207. The van der Waals surface area contributed by atoms with E-state index in [1.807, 2.05) is 34.1 Å². The number of hydrogen-bond donors (Lipinski definition) is 2. The predicted molar refractivity (Wildman–Crippen MR) is 225 cm³/mol. The lowest BCUT2D eigenvalue weighted by Crippen LogP contribution is -2.37. The molecule has 0 aromatic carbocycles. The Bertz CT molecular complexity index is 1140. The molecular formula is C44H79NO9P+. The van der Waals surface area contributed by atoms with Crippen molar-refractivity contribution in [2.24, 2.45) is 0 Å². The van der Waals surface area contributed by atoms with E-state index in [0.717, 1.165) is 83.5 Å². The summed E-state index contributed by atoms with van der Waals surface area (Å²) in [5, 5.41) is 9.56. The Morgan fingerprint density at radius 1 is 0.636 bits per heavy atom. The Morgan fingerprint density at radius 3 is 1.75 bits per heavy atom. The number of aliphatic hydroxyl groups excluding tert-OH is 1. The fraction of sp³-hybridized carbons (Fsp3) is 0.727. The molecule has 55 heavy (non-hydrogen) atoms. The first-order valence-electron chi connectivity index (χ1n) is 21.1. The predicted octanol–water partition coefficient (Wildman–Crippen LogP) is 10.7. The van der Waals surface area contributed by atoms with Crippen molar-refractivity contribution in [1.82, 2.24) is 0 Å². The van der Waals surface area contributed by atoms with Crippen LogP contribution in [0.2, 0.25) is 0 Å². The molecule has 3 atom stereocenters. The Hall–Kier alpha value is -2.33. The first-order valence-corrected chi connectivity index (χ1v) is 22.6. The third kappa shape index (κ3) is 39.7. The second kappa shape index (κ2) is 36.0. The molecule has 0 heterocycles. The molecule has 0 aromatic rings. The molecule has 0 bridgehead atoms. The Balaban J connectivity index is 4.51. The van der Waals surface area contributed by atoms with Crippen LogP contribution in [0.5, 0.6) is 0 Å². The van der Waals surface area contributed by atoms with E-state index in [1.54, 1.807) is 0 Å². The highest BCUT2D eigenvalue weighted by molar-refractivity contribution is 7.47. The number of nitrogens with zero attached hydrogens (tertiary/aromatic N) is 1. The number of likely N-dealkylation sites (N-methyl/N-ethyl adjacent to an activating group) is 1. The number of hydrogen-bond acceptors (Lipinski definition) is 8. The summed E-state index contributed by atoms with van der Waals surface area (Å²) >= 11 is 0. The standard InChI is InChI=1S/C44H78NO9P/c1-6-8-9-10-11-12-13-16-21-24-27-30-33-36-44(48)54-42(40-53-55(49,50)52-38-37-45(3,4)5)39-51-43(47)35-32-29-26-23-20-18-15-14-17-19-22-25-28-31-34-41(46)7-2/h12-13,15,17-19,23,25-26,28,41-42,46H,6-11,14,16,20-22,24,27,29-40H2,1-5H3/p+1/b13-12-,18-15-,19-17-,26-23-,28-25-/t41-,42+/m0/s1. The van der Waals surface area contributed by atoms with Gasteiger partial charge in [-0.05, 0) is 83.5 Å². The maximum Gasteiger partial charge on any atom is 0.472 e. The lowest BCUT2D eigenvalue weighted by Gasteiger charge is -2.24. The van der Waals surface area contributed by atoms with Crippen LogP contribution in [-0.2, 0) is 32.7 Å². The third-order valence-electron chi connectivity index (χ3n) is 8.68. The number of aliphatic hydroxyl groups is 1. The summed E-state index contributed by atoms with van der Waals surface area (Å²) in [5.74, 6) is -0.899. The smallest absolute Gasteiger partial charge is 0.462 e. The number of esters is 2. The molecule has 0 aromatic heterocycles. The van der Waals surface area contributed by atoms with E-state index < -0.39 is 32.5 Å². The summed E-state index contributed by atoms with van der Waals surface area (Å²) in [6, 6.07) is 0. The van der Waals surface area contributed by atoms with E-state index in [-0.39, 0.29) is 32.2 Å². The van der Waals surface area contributed by atoms with Crippen molar-refractivity contribution in [3.8, 4) is 0 Å². The zero-order valence-corrected chi connectivity index (χ0v) is 36.1. The van der Waals surface area contributed by atoms with Crippen molar-refractivity contribution in [3.63, 3.8) is 0 Å². The van der Waals surface area contributed by atoms with Gasteiger partial charge in [0.15, 0.2) is 6.10 Å². The van der Waals surface area contributed by atoms with Crippen molar-refractivity contribution in [2.75, 3.05) is 47.5 Å². The van der Waals surface area contributed by atoms with E-state index in [4.69, 9.17) is 18.5 Å². The zero-order valence-electron chi connectivity index (χ0n) is 35.3. The van der Waals surface area contributed by atoms with Crippen LogP contribution < -0.4 is 0 Å². The Morgan fingerprint density at radius 2 is 1.15 bits per heavy atom. The monoisotopic (exact) mass is 797 g/mol. The van der Waals surface area contributed by atoms with Gasteiger partial charge in [0.2, 0.25) is 0 Å². The lowest BCUT2D eigenvalue weighted by atomic mass is 10.1. The molecule has 10 nitrogen and oxygen atoms in total. The van der Waals surface area contributed by atoms with Crippen LogP contribution in [0.15, 0.2) is 60.8 Å². The molecule has 0 fully saturated rings. The van der Waals surface area contributed by atoms with Gasteiger partial charge in [0.05, 0.1) is 33.9 Å². The minimum Gasteiger partial charge on any atom is -0.462 e. The molecule has 11 heteroatoms. The highest BCUT2D eigenvalue weighted by atomic mass is 31.2. The minimum atomic E-state index is -4.40. The zero-order chi connectivity index (χ0) is 40.9. The fourth-order valence-corrected chi connectivity index (χ4v) is 5.90. The summed E-state index contributed by atoms with van der Waals surface area (Å²) in [7, 11) is 1.41. The first kappa shape index (κ1) is 52.7. The van der Waals surface area contributed by atoms with Crippen molar-refractivity contribution < 1.29 is 47.2 Å². The minimum absolute atomic E-state index is 0.0134. The van der Waals surface area contributed by atoms with Crippen LogP contribution in [0, 0.1) is 0 Å². The van der Waals surface area contributed by atoms with Crippen LogP contribution >= 0.6 is 7.82 Å². The molecule has 0 aliphatic carbocycles. The number of ether oxygens (including phenoxy) is 2. The van der Waals surface area contributed by atoms with Crippen LogP contribution in [0.25, 0.3) is 0 Å². The third-order valence-corrected chi connectivity index (χ3v) is 9.67. The van der Waals surface area contributed by atoms with Crippen LogP contribution in [0.3, 0.4) is 0 Å². The van der Waals surface area contributed by atoms with E-state index in [2.05, 4.69) is 61.6 Å². The van der Waals surface area contributed by atoms with Gasteiger partial charge >= 0.3 is 19.8 Å². The van der Waals surface area contributed by atoms with Crippen molar-refractivity contribution in [2.45, 2.75) is 161 Å². The second-order valence-corrected chi connectivity index (χ2v) is 16.6. The maximum absolute atomic E-state index is 12.6. The summed E-state index contributed by atoms with van der Waals surface area (Å²) in [6.07, 6.45) is 39.3. The molecule has 0 aliphatic heterocycles. The van der Waals surface area contributed by atoms with Gasteiger partial charge in [0.25, 0.3) is 0 Å². The van der Waals surface area contributed by atoms with Crippen molar-refractivity contribution in [1.29, 1.82) is 0 Å². The van der Waals surface area contributed by atoms with Gasteiger partial charge in [-0.3, -0.25) is 18.6 Å². The van der Waals surface area contributed by atoms with Gasteiger partial charge in [-0.1, -0.05) is 113 Å². The molecule has 0 amide bonds. The molecule has 0 spiro atoms. The number of allylic oxidation sites excluding steroid dienone is 10. The Labute approximate surface area is 335 Å².